The number of ether oxygens (including phenoxy) is 2. The summed E-state index contributed by atoms with van der Waals surface area (Å²) in [7, 11) is 1.57. The molecule has 1 saturated heterocycles. The first kappa shape index (κ1) is 22.5. The van der Waals surface area contributed by atoms with Crippen molar-refractivity contribution in [1.82, 2.24) is 9.80 Å². The van der Waals surface area contributed by atoms with Gasteiger partial charge in [-0.3, -0.25) is 4.90 Å². The van der Waals surface area contributed by atoms with E-state index in [0.29, 0.717) is 26.2 Å². The number of hydrogen-bond acceptors (Lipinski definition) is 4. The first-order valence-corrected chi connectivity index (χ1v) is 9.32. The zero-order chi connectivity index (χ0) is 21.1. The molecule has 0 spiro atoms. The number of nitrogens with zero attached hydrogens (tertiary/aromatic N) is 2. The Labute approximate surface area is 164 Å². The minimum absolute atomic E-state index is 0.00344. The van der Waals surface area contributed by atoms with Gasteiger partial charge in [0.15, 0.2) is 0 Å². The third-order valence-corrected chi connectivity index (χ3v) is 4.68. The molecule has 8 heteroatoms. The minimum Gasteiger partial charge on any atom is -0.444 e. The fourth-order valence-corrected chi connectivity index (χ4v) is 3.36. The summed E-state index contributed by atoms with van der Waals surface area (Å²) in [6.07, 6.45) is -4.71. The SMILES string of the molecule is COC[C@H](c1ccc(C(F)(F)F)cc1)N1CCN(C(=O)OC(C)(C)C)C[C@H]1C. The Morgan fingerprint density at radius 2 is 1.79 bits per heavy atom. The number of methoxy groups -OCH3 is 1. The Balaban J connectivity index is 2.12. The van der Waals surface area contributed by atoms with E-state index in [0.717, 1.165) is 17.7 Å². The fraction of sp³-hybridized carbons (Fsp3) is 0.650. The summed E-state index contributed by atoms with van der Waals surface area (Å²) in [6.45, 7) is 9.36. The molecular weight excluding hydrogens is 373 g/mol. The normalized spacial score (nSPS) is 20.1. The molecule has 5 nitrogen and oxygen atoms in total. The van der Waals surface area contributed by atoms with Gasteiger partial charge in [-0.15, -0.1) is 0 Å². The maximum absolute atomic E-state index is 12.8. The molecule has 0 N–H and O–H groups in total. The molecule has 1 aliphatic rings. The second kappa shape index (κ2) is 8.69. The molecule has 2 atom stereocenters. The van der Waals surface area contributed by atoms with Crippen molar-refractivity contribution in [1.29, 1.82) is 0 Å². The number of carbonyl (C=O) groups excluding carboxylic acids is 1. The molecular formula is C20H29F3N2O3. The lowest BCUT2D eigenvalue weighted by molar-refractivity contribution is -0.137. The molecule has 0 unspecified atom stereocenters. The van der Waals surface area contributed by atoms with Crippen molar-refractivity contribution in [3.8, 4) is 0 Å². The van der Waals surface area contributed by atoms with Crippen LogP contribution in [0.5, 0.6) is 0 Å². The van der Waals surface area contributed by atoms with E-state index in [1.54, 1.807) is 12.0 Å². The van der Waals surface area contributed by atoms with Gasteiger partial charge < -0.3 is 14.4 Å². The van der Waals surface area contributed by atoms with Gasteiger partial charge >= 0.3 is 12.3 Å². The smallest absolute Gasteiger partial charge is 0.416 e. The predicted octanol–water partition coefficient (Wildman–Crippen LogP) is 4.33. The number of alkyl halides is 3. The second-order valence-electron chi connectivity index (χ2n) is 8.10. The van der Waals surface area contributed by atoms with E-state index in [9.17, 15) is 18.0 Å². The summed E-state index contributed by atoms with van der Waals surface area (Å²) in [6, 6.07) is 5.00. The average Bonchev–Trinajstić information content (AvgIpc) is 2.58. The zero-order valence-electron chi connectivity index (χ0n) is 17.0. The first-order valence-electron chi connectivity index (χ1n) is 9.32. The third-order valence-electron chi connectivity index (χ3n) is 4.68. The molecule has 0 saturated carbocycles. The Morgan fingerprint density at radius 3 is 2.25 bits per heavy atom. The van der Waals surface area contributed by atoms with Gasteiger partial charge in [0.1, 0.15) is 5.60 Å². The van der Waals surface area contributed by atoms with Crippen LogP contribution in [0.2, 0.25) is 0 Å². The molecule has 0 aromatic heterocycles. The van der Waals surface area contributed by atoms with Crippen molar-refractivity contribution in [2.24, 2.45) is 0 Å². The van der Waals surface area contributed by atoms with Crippen molar-refractivity contribution in [2.45, 2.75) is 51.6 Å². The number of carbonyl (C=O) groups is 1. The molecule has 2 rings (SSSR count). The number of hydrogen-bond donors (Lipinski definition) is 0. The molecule has 1 amide bonds. The lowest BCUT2D eigenvalue weighted by atomic mass is 10.0. The topological polar surface area (TPSA) is 42.0 Å². The highest BCUT2D eigenvalue weighted by molar-refractivity contribution is 5.68. The highest BCUT2D eigenvalue weighted by Gasteiger charge is 2.35. The molecule has 0 aliphatic carbocycles. The lowest BCUT2D eigenvalue weighted by Crippen LogP contribution is -2.55. The van der Waals surface area contributed by atoms with Crippen LogP contribution in [0.25, 0.3) is 0 Å². The molecule has 1 aliphatic heterocycles. The van der Waals surface area contributed by atoms with Gasteiger partial charge in [0.25, 0.3) is 0 Å². The van der Waals surface area contributed by atoms with Gasteiger partial charge in [-0.05, 0) is 45.4 Å². The monoisotopic (exact) mass is 402 g/mol. The number of benzene rings is 1. The van der Waals surface area contributed by atoms with Gasteiger partial charge in [0.05, 0.1) is 18.2 Å². The molecule has 1 aromatic rings. The summed E-state index contributed by atoms with van der Waals surface area (Å²) in [5.74, 6) is 0. The van der Waals surface area contributed by atoms with Crippen molar-refractivity contribution in [2.75, 3.05) is 33.4 Å². The lowest BCUT2D eigenvalue weighted by Gasteiger charge is -2.44. The molecule has 0 bridgehead atoms. The van der Waals surface area contributed by atoms with Crippen LogP contribution in [0.3, 0.4) is 0 Å². The number of piperazine rings is 1. The van der Waals surface area contributed by atoms with Crippen molar-refractivity contribution < 1.29 is 27.4 Å². The predicted molar refractivity (Wildman–Crippen MR) is 100 cm³/mol. The van der Waals surface area contributed by atoms with Crippen LogP contribution in [0.1, 0.15) is 44.9 Å². The zero-order valence-corrected chi connectivity index (χ0v) is 17.0. The van der Waals surface area contributed by atoms with E-state index in [1.807, 2.05) is 27.7 Å². The van der Waals surface area contributed by atoms with Crippen molar-refractivity contribution in [3.05, 3.63) is 35.4 Å². The van der Waals surface area contributed by atoms with Gasteiger partial charge in [0.2, 0.25) is 0 Å². The highest BCUT2D eigenvalue weighted by Crippen LogP contribution is 2.32. The molecule has 1 aromatic carbocycles. The first-order chi connectivity index (χ1) is 12.9. The van der Waals surface area contributed by atoms with Crippen LogP contribution in [0, 0.1) is 0 Å². The van der Waals surface area contributed by atoms with Crippen LogP contribution in [-0.4, -0.2) is 60.9 Å². The van der Waals surface area contributed by atoms with Gasteiger partial charge in [-0.25, -0.2) is 4.79 Å². The average molecular weight is 402 g/mol. The Morgan fingerprint density at radius 1 is 1.18 bits per heavy atom. The van der Waals surface area contributed by atoms with Crippen LogP contribution in [0.15, 0.2) is 24.3 Å². The van der Waals surface area contributed by atoms with Gasteiger partial charge in [-0.1, -0.05) is 12.1 Å². The maximum Gasteiger partial charge on any atom is 0.416 e. The summed E-state index contributed by atoms with van der Waals surface area (Å²) in [5.41, 5.74) is -0.473. The summed E-state index contributed by atoms with van der Waals surface area (Å²) < 4.78 is 49.3. The van der Waals surface area contributed by atoms with Crippen LogP contribution >= 0.6 is 0 Å². The molecule has 158 valence electrons. The molecule has 28 heavy (non-hydrogen) atoms. The Hall–Kier alpha value is -1.80. The number of amides is 1. The largest absolute Gasteiger partial charge is 0.444 e. The fourth-order valence-electron chi connectivity index (χ4n) is 3.36. The minimum atomic E-state index is -4.36. The van der Waals surface area contributed by atoms with Gasteiger partial charge in [-0.2, -0.15) is 13.2 Å². The van der Waals surface area contributed by atoms with Crippen molar-refractivity contribution in [3.63, 3.8) is 0 Å². The van der Waals surface area contributed by atoms with Crippen LogP contribution in [-0.2, 0) is 15.7 Å². The van der Waals surface area contributed by atoms with E-state index in [-0.39, 0.29) is 18.2 Å². The second-order valence-corrected chi connectivity index (χ2v) is 8.10. The number of halogens is 3. The Kier molecular flexibility index (Phi) is 6.98. The maximum atomic E-state index is 12.8. The summed E-state index contributed by atoms with van der Waals surface area (Å²) in [4.78, 5) is 16.1. The van der Waals surface area contributed by atoms with E-state index in [4.69, 9.17) is 9.47 Å². The third kappa shape index (κ3) is 5.85. The molecule has 0 radical (unpaired) electrons. The quantitative estimate of drug-likeness (QED) is 0.752. The van der Waals surface area contributed by atoms with Gasteiger partial charge in [0, 0.05) is 32.8 Å². The van der Waals surface area contributed by atoms with Crippen LogP contribution in [0.4, 0.5) is 18.0 Å². The summed E-state index contributed by atoms with van der Waals surface area (Å²) in [5, 5.41) is 0. The standard InChI is InChI=1S/C20H29F3N2O3/c1-14-12-24(18(26)28-19(2,3)4)10-11-25(14)17(13-27-5)15-6-8-16(9-7-15)20(21,22)23/h6-9,14,17H,10-13H2,1-5H3/t14-,17-/m1/s1. The van der Waals surface area contributed by atoms with E-state index in [2.05, 4.69) is 4.90 Å². The number of rotatable bonds is 4. The highest BCUT2D eigenvalue weighted by atomic mass is 19.4. The molecule has 1 fully saturated rings. The van der Waals surface area contributed by atoms with Crippen LogP contribution < -0.4 is 0 Å². The molecule has 1 heterocycles. The Bertz CT molecular complexity index is 656. The van der Waals surface area contributed by atoms with E-state index < -0.39 is 17.3 Å². The van der Waals surface area contributed by atoms with E-state index in [1.165, 1.54) is 12.1 Å². The van der Waals surface area contributed by atoms with Crippen molar-refractivity contribution >= 4 is 6.09 Å². The summed E-state index contributed by atoms with van der Waals surface area (Å²) >= 11 is 0. The van der Waals surface area contributed by atoms with E-state index >= 15 is 0 Å².